The van der Waals surface area contributed by atoms with Gasteiger partial charge in [-0.05, 0) is 36.8 Å². The van der Waals surface area contributed by atoms with Crippen LogP contribution < -0.4 is 0 Å². The maximum Gasteiger partial charge on any atom is 0.154 e. The fourth-order valence-corrected chi connectivity index (χ4v) is 5.27. The lowest BCUT2D eigenvalue weighted by atomic mass is 9.79. The van der Waals surface area contributed by atoms with Crippen LogP contribution in [0, 0.1) is 11.8 Å². The van der Waals surface area contributed by atoms with Crippen molar-refractivity contribution < 1.29 is 9.47 Å². The highest BCUT2D eigenvalue weighted by atomic mass is 16.6. The van der Waals surface area contributed by atoms with Gasteiger partial charge in [-0.25, -0.2) is 0 Å². The first kappa shape index (κ1) is 15.2. The van der Waals surface area contributed by atoms with Gasteiger partial charge < -0.3 is 9.47 Å². The van der Waals surface area contributed by atoms with Crippen LogP contribution >= 0.6 is 0 Å². The van der Waals surface area contributed by atoms with Gasteiger partial charge in [0.05, 0.1) is 6.10 Å². The van der Waals surface area contributed by atoms with E-state index >= 15 is 0 Å². The Labute approximate surface area is 149 Å². The Morgan fingerprint density at radius 1 is 0.920 bits per heavy atom. The monoisotopic (exact) mass is 332 g/mol. The van der Waals surface area contributed by atoms with Crippen LogP contribution in [0.4, 0.5) is 0 Å². The van der Waals surface area contributed by atoms with E-state index in [2.05, 4.69) is 67.6 Å². The zero-order valence-electron chi connectivity index (χ0n) is 14.7. The highest BCUT2D eigenvalue weighted by Gasteiger charge is 2.60. The van der Waals surface area contributed by atoms with Crippen molar-refractivity contribution in [3.05, 3.63) is 77.5 Å². The molecule has 1 heterocycles. The number of benzene rings is 2. The molecule has 1 unspecified atom stereocenters. The predicted molar refractivity (Wildman–Crippen MR) is 98.8 cm³/mol. The number of ether oxygens (including phenoxy) is 2. The van der Waals surface area contributed by atoms with E-state index in [1.165, 1.54) is 36.0 Å². The van der Waals surface area contributed by atoms with Crippen LogP contribution in [0.3, 0.4) is 0 Å². The van der Waals surface area contributed by atoms with Crippen LogP contribution in [-0.2, 0) is 15.1 Å². The largest absolute Gasteiger partial charge is 0.491 e. The van der Waals surface area contributed by atoms with E-state index in [1.54, 1.807) is 0 Å². The van der Waals surface area contributed by atoms with Crippen molar-refractivity contribution >= 4 is 5.57 Å². The highest BCUT2D eigenvalue weighted by Crippen LogP contribution is 2.63. The molecule has 0 aromatic heterocycles. The summed E-state index contributed by atoms with van der Waals surface area (Å²) in [5.41, 5.74) is 3.52. The second-order valence-corrected chi connectivity index (χ2v) is 7.59. The zero-order chi connectivity index (χ0) is 16.9. The van der Waals surface area contributed by atoms with E-state index in [0.717, 1.165) is 5.76 Å². The molecule has 5 rings (SSSR count). The summed E-state index contributed by atoms with van der Waals surface area (Å²) in [5.74, 6) is 2.09. The van der Waals surface area contributed by atoms with Gasteiger partial charge in [-0.2, -0.15) is 0 Å². The summed E-state index contributed by atoms with van der Waals surface area (Å²) in [6.45, 7) is 2.77. The van der Waals surface area contributed by atoms with Crippen LogP contribution in [0.1, 0.15) is 37.3 Å². The van der Waals surface area contributed by atoms with Crippen LogP contribution in [0.2, 0.25) is 0 Å². The van der Waals surface area contributed by atoms with Gasteiger partial charge in [-0.1, -0.05) is 67.1 Å². The van der Waals surface area contributed by atoms with Gasteiger partial charge in [0.2, 0.25) is 0 Å². The van der Waals surface area contributed by atoms with Gasteiger partial charge in [0.15, 0.2) is 5.60 Å². The molecule has 0 spiro atoms. The number of hydrogen-bond acceptors (Lipinski definition) is 2. The van der Waals surface area contributed by atoms with Crippen molar-refractivity contribution in [2.75, 3.05) is 6.61 Å². The molecule has 25 heavy (non-hydrogen) atoms. The molecule has 1 aliphatic heterocycles. The minimum absolute atomic E-state index is 0.111. The molecule has 2 fully saturated rings. The Balaban J connectivity index is 1.77. The lowest BCUT2D eigenvalue weighted by molar-refractivity contribution is -0.178. The number of rotatable bonds is 2. The summed E-state index contributed by atoms with van der Waals surface area (Å²) in [4.78, 5) is 0. The fourth-order valence-electron chi connectivity index (χ4n) is 5.27. The van der Waals surface area contributed by atoms with E-state index in [1.807, 2.05) is 0 Å². The number of hydrogen-bond donors (Lipinski definition) is 0. The van der Waals surface area contributed by atoms with Crippen molar-refractivity contribution in [3.8, 4) is 0 Å². The predicted octanol–water partition coefficient (Wildman–Crippen LogP) is 5.16. The van der Waals surface area contributed by atoms with Gasteiger partial charge in [-0.15, -0.1) is 0 Å². The molecule has 2 nitrogen and oxygen atoms in total. The average Bonchev–Trinajstić information content (AvgIpc) is 3.23. The standard InChI is InChI=1S/C23H24O2/c1-16-15-24-22-21(17-9-4-2-5-10-17)19-13-8-14-20(19)23(22,25-16)18-11-6-3-7-12-18/h2-7,9-12,16,19-20H,8,13-15H2,1H3/t16?,19-,20+,23+/m0/s1. The molecule has 2 aromatic rings. The highest BCUT2D eigenvalue weighted by molar-refractivity contribution is 5.75. The van der Waals surface area contributed by atoms with Crippen LogP contribution in [0.25, 0.3) is 5.57 Å². The van der Waals surface area contributed by atoms with E-state index in [0.29, 0.717) is 18.4 Å². The number of allylic oxidation sites excluding steroid dienone is 1. The molecule has 2 aromatic carbocycles. The smallest absolute Gasteiger partial charge is 0.154 e. The summed E-state index contributed by atoms with van der Waals surface area (Å²) in [5, 5.41) is 0. The van der Waals surface area contributed by atoms with Gasteiger partial charge >= 0.3 is 0 Å². The lowest BCUT2D eigenvalue weighted by Gasteiger charge is -2.43. The first-order valence-electron chi connectivity index (χ1n) is 9.47. The molecular weight excluding hydrogens is 308 g/mol. The van der Waals surface area contributed by atoms with Crippen molar-refractivity contribution in [2.24, 2.45) is 11.8 Å². The summed E-state index contributed by atoms with van der Waals surface area (Å²) >= 11 is 0. The fraction of sp³-hybridized carbons (Fsp3) is 0.391. The molecule has 2 heteroatoms. The van der Waals surface area contributed by atoms with E-state index in [4.69, 9.17) is 9.47 Å². The van der Waals surface area contributed by atoms with E-state index < -0.39 is 5.60 Å². The SMILES string of the molecule is CC1COC2=C(c3ccccc3)[C@H]3CCC[C@H]3[C@@]2(c2ccccc2)O1. The Morgan fingerprint density at radius 3 is 2.40 bits per heavy atom. The molecule has 2 aliphatic carbocycles. The third kappa shape index (κ3) is 2.13. The first-order chi connectivity index (χ1) is 12.3. The average molecular weight is 332 g/mol. The zero-order valence-corrected chi connectivity index (χ0v) is 14.7. The molecule has 0 N–H and O–H groups in total. The van der Waals surface area contributed by atoms with Gasteiger partial charge in [-0.3, -0.25) is 0 Å². The molecule has 0 amide bonds. The second-order valence-electron chi connectivity index (χ2n) is 7.59. The molecule has 0 radical (unpaired) electrons. The normalized spacial score (nSPS) is 33.7. The van der Waals surface area contributed by atoms with Crippen molar-refractivity contribution in [1.82, 2.24) is 0 Å². The van der Waals surface area contributed by atoms with Gasteiger partial charge in [0.25, 0.3) is 0 Å². The quantitative estimate of drug-likeness (QED) is 0.756. The maximum atomic E-state index is 6.77. The van der Waals surface area contributed by atoms with Crippen LogP contribution in [0.5, 0.6) is 0 Å². The second kappa shape index (κ2) is 5.74. The Bertz CT molecular complexity index is 795. The van der Waals surface area contributed by atoms with E-state index in [9.17, 15) is 0 Å². The van der Waals surface area contributed by atoms with Gasteiger partial charge in [0, 0.05) is 11.5 Å². The third-order valence-corrected chi connectivity index (χ3v) is 6.13. The molecule has 1 saturated heterocycles. The van der Waals surface area contributed by atoms with E-state index in [-0.39, 0.29) is 6.10 Å². The number of fused-ring (bicyclic) bond motifs is 3. The summed E-state index contributed by atoms with van der Waals surface area (Å²) in [7, 11) is 0. The summed E-state index contributed by atoms with van der Waals surface area (Å²) < 4.78 is 13.2. The first-order valence-corrected chi connectivity index (χ1v) is 9.47. The molecule has 3 aliphatic rings. The Hall–Kier alpha value is -2.06. The summed E-state index contributed by atoms with van der Waals surface area (Å²) in [6.07, 6.45) is 3.81. The topological polar surface area (TPSA) is 18.5 Å². The van der Waals surface area contributed by atoms with Crippen LogP contribution in [-0.4, -0.2) is 12.7 Å². The molecule has 4 atom stereocenters. The maximum absolute atomic E-state index is 6.77. The Kier molecular flexibility index (Phi) is 3.49. The minimum Gasteiger partial charge on any atom is -0.491 e. The van der Waals surface area contributed by atoms with Gasteiger partial charge in [0.1, 0.15) is 12.4 Å². The van der Waals surface area contributed by atoms with Crippen LogP contribution in [0.15, 0.2) is 66.4 Å². The minimum atomic E-state index is -0.411. The Morgan fingerprint density at radius 2 is 1.64 bits per heavy atom. The third-order valence-electron chi connectivity index (χ3n) is 6.13. The molecule has 128 valence electrons. The molecular formula is C23H24O2. The summed E-state index contributed by atoms with van der Waals surface area (Å²) in [6, 6.07) is 21.5. The molecule has 0 bridgehead atoms. The van der Waals surface area contributed by atoms with Crippen molar-refractivity contribution in [3.63, 3.8) is 0 Å². The lowest BCUT2D eigenvalue weighted by Crippen LogP contribution is -2.45. The molecule has 1 saturated carbocycles. The van der Waals surface area contributed by atoms with Crippen molar-refractivity contribution in [1.29, 1.82) is 0 Å². The van der Waals surface area contributed by atoms with Crippen molar-refractivity contribution in [2.45, 2.75) is 37.9 Å².